The summed E-state index contributed by atoms with van der Waals surface area (Å²) in [4.78, 5) is 26.7. The first-order chi connectivity index (χ1) is 12.0. The molecule has 0 aromatic rings. The predicted molar refractivity (Wildman–Crippen MR) is 107 cm³/mol. The second-order valence-electron chi connectivity index (χ2n) is 5.43. The minimum absolute atomic E-state index is 0.319. The molecule has 0 atom stereocenters. The fourth-order valence-electron chi connectivity index (χ4n) is 1.60. The zero-order chi connectivity index (χ0) is 18.9. The van der Waals surface area contributed by atoms with E-state index in [4.69, 9.17) is 9.47 Å². The van der Waals surface area contributed by atoms with Gasteiger partial charge in [0.2, 0.25) is 0 Å². The van der Waals surface area contributed by atoms with Crippen molar-refractivity contribution in [1.82, 2.24) is 9.80 Å². The lowest BCUT2D eigenvalue weighted by Gasteiger charge is -2.15. The molecular formula is C17H30N2O4S2. The van der Waals surface area contributed by atoms with Crippen LogP contribution in [0.15, 0.2) is 24.4 Å². The average molecular weight is 391 g/mol. The lowest BCUT2D eigenvalue weighted by atomic mass is 10.4. The van der Waals surface area contributed by atoms with E-state index in [9.17, 15) is 9.59 Å². The Hall–Kier alpha value is -1.12. The molecule has 25 heavy (non-hydrogen) atoms. The first kappa shape index (κ1) is 23.9. The van der Waals surface area contributed by atoms with Crippen molar-refractivity contribution < 1.29 is 19.1 Å². The van der Waals surface area contributed by atoms with Crippen molar-refractivity contribution in [2.24, 2.45) is 0 Å². The summed E-state index contributed by atoms with van der Waals surface area (Å²) in [5.41, 5.74) is 0. The highest BCUT2D eigenvalue weighted by molar-refractivity contribution is 8.76. The van der Waals surface area contributed by atoms with Gasteiger partial charge in [0.05, 0.1) is 0 Å². The Kier molecular flexibility index (Phi) is 15.6. The van der Waals surface area contributed by atoms with Crippen LogP contribution in [-0.4, -0.2) is 80.7 Å². The summed E-state index contributed by atoms with van der Waals surface area (Å²) in [6.45, 7) is 4.43. The highest BCUT2D eigenvalue weighted by Gasteiger charge is 2.00. The molecule has 0 rings (SSSR count). The van der Waals surface area contributed by atoms with E-state index in [1.54, 1.807) is 40.8 Å². The van der Waals surface area contributed by atoms with Crippen molar-refractivity contribution in [3.63, 3.8) is 0 Å². The number of esters is 2. The lowest BCUT2D eigenvalue weighted by Crippen LogP contribution is -2.20. The number of ether oxygens (including phenoxy) is 2. The Morgan fingerprint density at radius 2 is 1.48 bits per heavy atom. The van der Waals surface area contributed by atoms with E-state index in [1.165, 1.54) is 12.2 Å². The normalized spacial score (nSPS) is 11.4. The standard InChI is InChI=1S/C17H30N2O4S2/c1-5-7-16(20)22-12-14-24-25-15-13-23-17(21)8-11-19(4)10-6-9-18(2)3/h5,7-8,11H,6,9-10,12-15H2,1-4H3/b7-5+,11-8+. The Labute approximate surface area is 159 Å². The largest absolute Gasteiger partial charge is 0.462 e. The Morgan fingerprint density at radius 3 is 2.00 bits per heavy atom. The van der Waals surface area contributed by atoms with E-state index < -0.39 is 0 Å². The Balaban J connectivity index is 3.54. The molecule has 8 heteroatoms. The van der Waals surface area contributed by atoms with Crippen molar-refractivity contribution in [1.29, 1.82) is 0 Å². The molecule has 0 saturated carbocycles. The van der Waals surface area contributed by atoms with Crippen LogP contribution in [0, 0.1) is 0 Å². The van der Waals surface area contributed by atoms with E-state index in [2.05, 4.69) is 4.90 Å². The molecule has 0 heterocycles. The van der Waals surface area contributed by atoms with Gasteiger partial charge in [-0.25, -0.2) is 9.59 Å². The molecule has 0 aliphatic heterocycles. The molecule has 0 spiro atoms. The fraction of sp³-hybridized carbons (Fsp3) is 0.647. The number of allylic oxidation sites excluding steroid dienone is 1. The summed E-state index contributed by atoms with van der Waals surface area (Å²) in [7, 11) is 9.20. The molecule has 0 fully saturated rings. The summed E-state index contributed by atoms with van der Waals surface area (Å²) >= 11 is 0. The van der Waals surface area contributed by atoms with Gasteiger partial charge in [0.1, 0.15) is 13.2 Å². The van der Waals surface area contributed by atoms with Gasteiger partial charge in [0, 0.05) is 43.5 Å². The highest BCUT2D eigenvalue weighted by Crippen LogP contribution is 2.20. The number of rotatable bonds is 14. The molecule has 0 amide bonds. The number of nitrogens with zero attached hydrogens (tertiary/aromatic N) is 2. The maximum Gasteiger partial charge on any atom is 0.332 e. The molecule has 0 bridgehead atoms. The van der Waals surface area contributed by atoms with Gasteiger partial charge in [-0.15, -0.1) is 0 Å². The van der Waals surface area contributed by atoms with Crippen LogP contribution in [-0.2, 0) is 19.1 Å². The molecule has 0 aliphatic carbocycles. The van der Waals surface area contributed by atoms with E-state index >= 15 is 0 Å². The number of hydrogen-bond donors (Lipinski definition) is 0. The minimum Gasteiger partial charge on any atom is -0.462 e. The van der Waals surface area contributed by atoms with Crippen LogP contribution in [0.2, 0.25) is 0 Å². The van der Waals surface area contributed by atoms with Crippen molar-refractivity contribution in [2.45, 2.75) is 13.3 Å². The molecule has 0 N–H and O–H groups in total. The summed E-state index contributed by atoms with van der Waals surface area (Å²) in [5.74, 6) is 0.761. The highest BCUT2D eigenvalue weighted by atomic mass is 33.1. The van der Waals surface area contributed by atoms with Gasteiger partial charge in [0.15, 0.2) is 0 Å². The molecule has 144 valence electrons. The molecule has 0 radical (unpaired) electrons. The van der Waals surface area contributed by atoms with Crippen molar-refractivity contribution in [2.75, 3.05) is 59.0 Å². The third-order valence-electron chi connectivity index (χ3n) is 2.79. The zero-order valence-corrected chi connectivity index (χ0v) is 17.2. The second-order valence-corrected chi connectivity index (χ2v) is 8.13. The third-order valence-corrected chi connectivity index (χ3v) is 5.12. The molecule has 0 saturated heterocycles. The fourth-order valence-corrected chi connectivity index (χ4v) is 3.26. The van der Waals surface area contributed by atoms with Crippen LogP contribution in [0.1, 0.15) is 13.3 Å². The van der Waals surface area contributed by atoms with Crippen LogP contribution in [0.3, 0.4) is 0 Å². The minimum atomic E-state index is -0.328. The molecular weight excluding hydrogens is 360 g/mol. The van der Waals surface area contributed by atoms with Gasteiger partial charge in [-0.1, -0.05) is 27.7 Å². The summed E-state index contributed by atoms with van der Waals surface area (Å²) in [6, 6.07) is 0. The van der Waals surface area contributed by atoms with Gasteiger partial charge in [0.25, 0.3) is 0 Å². The topological polar surface area (TPSA) is 59.1 Å². The first-order valence-electron chi connectivity index (χ1n) is 8.19. The quantitative estimate of drug-likeness (QED) is 0.194. The Bertz CT molecular complexity index is 429. The average Bonchev–Trinajstić information content (AvgIpc) is 2.55. The molecule has 6 nitrogen and oxygen atoms in total. The van der Waals surface area contributed by atoms with Gasteiger partial charge < -0.3 is 19.3 Å². The number of carbonyl (C=O) groups is 2. The number of carbonyl (C=O) groups excluding carboxylic acids is 2. The predicted octanol–water partition coefficient (Wildman–Crippen LogP) is 2.43. The van der Waals surface area contributed by atoms with Crippen molar-refractivity contribution in [3.05, 3.63) is 24.4 Å². The molecule has 0 aliphatic rings. The van der Waals surface area contributed by atoms with Gasteiger partial charge in [-0.2, -0.15) is 0 Å². The molecule has 0 aromatic carbocycles. The lowest BCUT2D eigenvalue weighted by molar-refractivity contribution is -0.138. The van der Waals surface area contributed by atoms with E-state index in [0.29, 0.717) is 24.7 Å². The summed E-state index contributed by atoms with van der Waals surface area (Å²) < 4.78 is 10.1. The number of hydrogen-bond acceptors (Lipinski definition) is 8. The van der Waals surface area contributed by atoms with Gasteiger partial charge in [-0.05, 0) is 34.0 Å². The van der Waals surface area contributed by atoms with Crippen LogP contribution < -0.4 is 0 Å². The van der Waals surface area contributed by atoms with Crippen LogP contribution in [0.4, 0.5) is 0 Å². The maximum atomic E-state index is 11.6. The summed E-state index contributed by atoms with van der Waals surface area (Å²) in [5, 5.41) is 0. The zero-order valence-electron chi connectivity index (χ0n) is 15.6. The third kappa shape index (κ3) is 17.5. The van der Waals surface area contributed by atoms with Crippen molar-refractivity contribution >= 4 is 33.5 Å². The smallest absolute Gasteiger partial charge is 0.332 e. The van der Waals surface area contributed by atoms with E-state index in [1.807, 2.05) is 26.0 Å². The molecule has 0 unspecified atom stereocenters. The van der Waals surface area contributed by atoms with Crippen molar-refractivity contribution in [3.8, 4) is 0 Å². The van der Waals surface area contributed by atoms with Gasteiger partial charge in [-0.3, -0.25) is 0 Å². The van der Waals surface area contributed by atoms with Crippen LogP contribution in [0.5, 0.6) is 0 Å². The van der Waals surface area contributed by atoms with E-state index in [0.717, 1.165) is 19.5 Å². The Morgan fingerprint density at radius 1 is 0.920 bits per heavy atom. The SMILES string of the molecule is C/C=C/C(=O)OCCSSCCOC(=O)/C=C/N(C)CCCN(C)C. The maximum absolute atomic E-state index is 11.6. The molecule has 0 aromatic heterocycles. The summed E-state index contributed by atoms with van der Waals surface area (Å²) in [6.07, 6.45) is 7.28. The van der Waals surface area contributed by atoms with Crippen LogP contribution >= 0.6 is 21.6 Å². The monoisotopic (exact) mass is 390 g/mol. The van der Waals surface area contributed by atoms with E-state index in [-0.39, 0.29) is 11.9 Å². The van der Waals surface area contributed by atoms with Crippen LogP contribution in [0.25, 0.3) is 0 Å². The van der Waals surface area contributed by atoms with Gasteiger partial charge >= 0.3 is 11.9 Å². The second kappa shape index (κ2) is 16.4. The first-order valence-corrected chi connectivity index (χ1v) is 10.7.